The van der Waals surface area contributed by atoms with Gasteiger partial charge in [-0.1, -0.05) is 38.3 Å². The predicted octanol–water partition coefficient (Wildman–Crippen LogP) is 3.90. The van der Waals surface area contributed by atoms with Crippen molar-refractivity contribution in [3.63, 3.8) is 0 Å². The minimum absolute atomic E-state index is 0. The quantitative estimate of drug-likeness (QED) is 0.348. The van der Waals surface area contributed by atoms with Crippen LogP contribution in [0.15, 0.2) is 28.1 Å². The van der Waals surface area contributed by atoms with E-state index in [2.05, 4.69) is 29.5 Å². The molecule has 2 unspecified atom stereocenters. The maximum Gasteiger partial charge on any atom is 0.191 e. The van der Waals surface area contributed by atoms with Gasteiger partial charge in [-0.15, -0.1) is 24.0 Å². The number of halogens is 1. The van der Waals surface area contributed by atoms with Crippen molar-refractivity contribution in [2.75, 3.05) is 19.3 Å². The molecule has 27 heavy (non-hydrogen) atoms. The summed E-state index contributed by atoms with van der Waals surface area (Å²) in [5.41, 5.74) is 1.78. The van der Waals surface area contributed by atoms with E-state index in [1.165, 1.54) is 31.9 Å². The van der Waals surface area contributed by atoms with Crippen LogP contribution >= 0.6 is 24.0 Å². The van der Waals surface area contributed by atoms with Crippen LogP contribution in [0.25, 0.3) is 0 Å². The molecule has 5 nitrogen and oxygen atoms in total. The smallest absolute Gasteiger partial charge is 0.191 e. The van der Waals surface area contributed by atoms with Crippen LogP contribution in [0.3, 0.4) is 0 Å². The number of aliphatic imine (C=N–C) groups is 1. The summed E-state index contributed by atoms with van der Waals surface area (Å²) < 4.78 is 23.5. The Kier molecular flexibility index (Phi) is 10.1. The third kappa shape index (κ3) is 7.60. The van der Waals surface area contributed by atoms with Gasteiger partial charge in [-0.2, -0.15) is 0 Å². The molecule has 0 amide bonds. The molecule has 2 atom stereocenters. The summed E-state index contributed by atoms with van der Waals surface area (Å²) in [6, 6.07) is 5.44. The standard InChI is InChI=1S/C20H33N3O2S.HI/c1-5-21-20(23-14-18-9-7-6-8-15(18)2)22-13-17-10-11-19(16(3)12-17)26(4,24)25;/h10-12,15,18H,5-9,13-14H2,1-4H3,(H2,21,22,23);1H. The van der Waals surface area contributed by atoms with E-state index in [4.69, 9.17) is 0 Å². The Morgan fingerprint density at radius 1 is 1.22 bits per heavy atom. The minimum atomic E-state index is -3.18. The zero-order chi connectivity index (χ0) is 19.2. The van der Waals surface area contributed by atoms with Crippen LogP contribution in [0.4, 0.5) is 0 Å². The lowest BCUT2D eigenvalue weighted by Crippen LogP contribution is -2.41. The molecule has 0 heterocycles. The summed E-state index contributed by atoms with van der Waals surface area (Å²) in [4.78, 5) is 5.06. The molecule has 0 bridgehead atoms. The van der Waals surface area contributed by atoms with Gasteiger partial charge in [0, 0.05) is 19.3 Å². The highest BCUT2D eigenvalue weighted by atomic mass is 127. The Labute approximate surface area is 181 Å². The number of guanidine groups is 1. The molecule has 7 heteroatoms. The van der Waals surface area contributed by atoms with Crippen LogP contribution in [-0.2, 0) is 16.4 Å². The minimum Gasteiger partial charge on any atom is -0.357 e. The van der Waals surface area contributed by atoms with Crippen molar-refractivity contribution < 1.29 is 8.42 Å². The summed E-state index contributed by atoms with van der Waals surface area (Å²) in [7, 11) is -3.18. The molecule has 2 N–H and O–H groups in total. The monoisotopic (exact) mass is 507 g/mol. The summed E-state index contributed by atoms with van der Waals surface area (Å²) in [5, 5.41) is 6.78. The first-order valence-electron chi connectivity index (χ1n) is 9.63. The van der Waals surface area contributed by atoms with Gasteiger partial charge in [0.05, 0.1) is 11.4 Å². The van der Waals surface area contributed by atoms with E-state index >= 15 is 0 Å². The first-order valence-corrected chi connectivity index (χ1v) is 11.5. The van der Waals surface area contributed by atoms with Crippen LogP contribution < -0.4 is 10.6 Å². The number of aryl methyl sites for hydroxylation is 1. The van der Waals surface area contributed by atoms with Crippen LogP contribution in [-0.4, -0.2) is 33.7 Å². The third-order valence-electron chi connectivity index (χ3n) is 5.22. The lowest BCUT2D eigenvalue weighted by atomic mass is 9.80. The molecule has 1 aromatic carbocycles. The SMILES string of the molecule is CCNC(=NCc1ccc(S(C)(=O)=O)c(C)c1)NCC1CCCCC1C.I. The van der Waals surface area contributed by atoms with Gasteiger partial charge >= 0.3 is 0 Å². The molecule has 0 saturated heterocycles. The Morgan fingerprint density at radius 3 is 2.52 bits per heavy atom. The van der Waals surface area contributed by atoms with Gasteiger partial charge in [-0.05, 0) is 49.3 Å². The van der Waals surface area contributed by atoms with Crippen molar-refractivity contribution in [2.45, 2.75) is 57.9 Å². The normalized spacial score (nSPS) is 20.7. The topological polar surface area (TPSA) is 70.6 Å². The Bertz CT molecular complexity index is 735. The van der Waals surface area contributed by atoms with Crippen molar-refractivity contribution in [3.05, 3.63) is 29.3 Å². The van der Waals surface area contributed by atoms with Gasteiger partial charge in [0.25, 0.3) is 0 Å². The van der Waals surface area contributed by atoms with E-state index in [0.29, 0.717) is 17.4 Å². The van der Waals surface area contributed by atoms with E-state index in [0.717, 1.165) is 36.1 Å². The summed E-state index contributed by atoms with van der Waals surface area (Å²) in [6.07, 6.45) is 6.54. The second-order valence-corrected chi connectivity index (χ2v) is 9.45. The molecule has 1 saturated carbocycles. The fourth-order valence-electron chi connectivity index (χ4n) is 3.66. The molecule has 0 aliphatic heterocycles. The summed E-state index contributed by atoms with van der Waals surface area (Å²) >= 11 is 0. The number of hydrogen-bond donors (Lipinski definition) is 2. The van der Waals surface area contributed by atoms with E-state index < -0.39 is 9.84 Å². The Morgan fingerprint density at radius 2 is 1.93 bits per heavy atom. The highest BCUT2D eigenvalue weighted by Gasteiger charge is 2.21. The van der Waals surface area contributed by atoms with Crippen molar-refractivity contribution in [1.29, 1.82) is 0 Å². The van der Waals surface area contributed by atoms with Gasteiger partial charge in [0.2, 0.25) is 0 Å². The third-order valence-corrected chi connectivity index (χ3v) is 6.48. The Hall–Kier alpha value is -0.830. The van der Waals surface area contributed by atoms with Gasteiger partial charge < -0.3 is 10.6 Å². The van der Waals surface area contributed by atoms with E-state index in [-0.39, 0.29) is 24.0 Å². The molecule has 1 aliphatic carbocycles. The second kappa shape index (κ2) is 11.2. The molecule has 1 aromatic rings. The largest absolute Gasteiger partial charge is 0.357 e. The van der Waals surface area contributed by atoms with E-state index in [9.17, 15) is 8.42 Å². The molecule has 0 aromatic heterocycles. The molecule has 0 radical (unpaired) electrons. The van der Waals surface area contributed by atoms with E-state index in [1.807, 2.05) is 19.1 Å². The summed E-state index contributed by atoms with van der Waals surface area (Å²) in [5.74, 6) is 2.31. The van der Waals surface area contributed by atoms with Crippen molar-refractivity contribution in [2.24, 2.45) is 16.8 Å². The zero-order valence-corrected chi connectivity index (χ0v) is 20.1. The van der Waals surface area contributed by atoms with E-state index in [1.54, 1.807) is 6.07 Å². The Balaban J connectivity index is 0.00000364. The van der Waals surface area contributed by atoms with Crippen LogP contribution in [0, 0.1) is 18.8 Å². The summed E-state index contributed by atoms with van der Waals surface area (Å²) in [6.45, 7) is 8.54. The van der Waals surface area contributed by atoms with Crippen LogP contribution in [0.1, 0.15) is 50.7 Å². The number of rotatable bonds is 6. The molecule has 1 fully saturated rings. The predicted molar refractivity (Wildman–Crippen MR) is 124 cm³/mol. The van der Waals surface area contributed by atoms with Gasteiger partial charge in [-0.3, -0.25) is 0 Å². The zero-order valence-electron chi connectivity index (χ0n) is 16.9. The maximum absolute atomic E-state index is 11.7. The molecule has 2 rings (SSSR count). The van der Waals surface area contributed by atoms with Crippen LogP contribution in [0.2, 0.25) is 0 Å². The molecule has 154 valence electrons. The fraction of sp³-hybridized carbons (Fsp3) is 0.650. The number of sulfone groups is 1. The molecular formula is C20H34IN3O2S. The average molecular weight is 507 g/mol. The first-order chi connectivity index (χ1) is 12.3. The molecule has 0 spiro atoms. The molecule has 1 aliphatic rings. The highest BCUT2D eigenvalue weighted by molar-refractivity contribution is 14.0. The average Bonchev–Trinajstić information content (AvgIpc) is 2.57. The number of nitrogens with one attached hydrogen (secondary N) is 2. The van der Waals surface area contributed by atoms with Crippen molar-refractivity contribution in [3.8, 4) is 0 Å². The number of benzene rings is 1. The van der Waals surface area contributed by atoms with Gasteiger partial charge in [-0.25, -0.2) is 13.4 Å². The van der Waals surface area contributed by atoms with Gasteiger partial charge in [0.15, 0.2) is 15.8 Å². The van der Waals surface area contributed by atoms with Gasteiger partial charge in [0.1, 0.15) is 0 Å². The van der Waals surface area contributed by atoms with Crippen molar-refractivity contribution in [1.82, 2.24) is 10.6 Å². The fourth-order valence-corrected chi connectivity index (χ4v) is 4.62. The van der Waals surface area contributed by atoms with Crippen LogP contribution in [0.5, 0.6) is 0 Å². The lowest BCUT2D eigenvalue weighted by Gasteiger charge is -2.29. The second-order valence-electron chi connectivity index (χ2n) is 7.47. The lowest BCUT2D eigenvalue weighted by molar-refractivity contribution is 0.256. The van der Waals surface area contributed by atoms with Crippen molar-refractivity contribution >= 4 is 39.8 Å². The first kappa shape index (κ1) is 24.2. The molecular weight excluding hydrogens is 473 g/mol. The maximum atomic E-state index is 11.7. The number of hydrogen-bond acceptors (Lipinski definition) is 3. The highest BCUT2D eigenvalue weighted by Crippen LogP contribution is 2.28. The number of nitrogens with zero attached hydrogens (tertiary/aromatic N) is 1.